The van der Waals surface area contributed by atoms with Gasteiger partial charge in [0, 0.05) is 37.0 Å². The molecule has 4 amide bonds. The maximum atomic E-state index is 13.3. The Morgan fingerprint density at radius 2 is 1.63 bits per heavy atom. The minimum Gasteiger partial charge on any atom is -0.351 e. The van der Waals surface area contributed by atoms with Crippen molar-refractivity contribution in [2.45, 2.75) is 58.2 Å². The normalized spacial score (nSPS) is 17.6. The number of aromatic nitrogens is 1. The molecule has 46 heavy (non-hydrogen) atoms. The second kappa shape index (κ2) is 13.7. The Morgan fingerprint density at radius 3 is 2.33 bits per heavy atom. The Kier molecular flexibility index (Phi) is 9.25. The van der Waals surface area contributed by atoms with Crippen molar-refractivity contribution in [2.24, 2.45) is 0 Å². The third-order valence-corrected chi connectivity index (χ3v) is 9.73. The van der Waals surface area contributed by atoms with Crippen LogP contribution < -0.4 is 10.2 Å². The van der Waals surface area contributed by atoms with Gasteiger partial charge in [0.1, 0.15) is 12.2 Å². The van der Waals surface area contributed by atoms with Crippen molar-refractivity contribution >= 4 is 46.8 Å². The number of thiazole rings is 1. The van der Waals surface area contributed by atoms with E-state index in [1.807, 2.05) is 73.7 Å². The van der Waals surface area contributed by atoms with E-state index in [-0.39, 0.29) is 30.3 Å². The van der Waals surface area contributed by atoms with Crippen LogP contribution in [0.25, 0.3) is 21.7 Å². The third kappa shape index (κ3) is 6.57. The number of carbonyl (C=O) groups excluding carboxylic acids is 4. The van der Waals surface area contributed by atoms with E-state index in [0.29, 0.717) is 25.1 Å². The number of anilines is 2. The minimum atomic E-state index is -0.480. The van der Waals surface area contributed by atoms with Crippen LogP contribution in [0, 0.1) is 6.92 Å². The average Bonchev–Trinajstić information content (AvgIpc) is 3.83. The van der Waals surface area contributed by atoms with Gasteiger partial charge in [-0.15, -0.1) is 11.3 Å². The van der Waals surface area contributed by atoms with Gasteiger partial charge in [0.25, 0.3) is 0 Å². The number of hydrogen-bond donors (Lipinski definition) is 1. The van der Waals surface area contributed by atoms with E-state index in [4.69, 9.17) is 4.98 Å². The molecule has 0 spiro atoms. The maximum Gasteiger partial charge on any atom is 0.247 e. The van der Waals surface area contributed by atoms with Crippen LogP contribution in [-0.4, -0.2) is 64.2 Å². The molecule has 4 aromatic rings. The minimum absolute atomic E-state index is 0.0297. The summed E-state index contributed by atoms with van der Waals surface area (Å²) in [6.07, 6.45) is 3.75. The molecule has 6 rings (SSSR count). The summed E-state index contributed by atoms with van der Waals surface area (Å²) in [6, 6.07) is 25.0. The van der Waals surface area contributed by atoms with E-state index >= 15 is 0 Å². The van der Waals surface area contributed by atoms with Crippen LogP contribution in [0.2, 0.25) is 0 Å². The standard InChI is InChI=1S/C36H37N5O4S/c1-24-37-34(35(46-24)28-14-18-30(19-15-28)39-20-7-11-32(39)41(23-42)25(2)43)27-12-16-29(17-13-27)38-36(45)31-10-6-21-40(31)33(44)22-26-8-4-3-5-9-26/h3-5,8-9,12-19,23,31-32H,6-7,10-11,20-22H2,1-2H3,(H,38,45)/t31-,32?/m0/s1. The highest BCUT2D eigenvalue weighted by molar-refractivity contribution is 7.15. The number of carbonyl (C=O) groups is 4. The predicted molar refractivity (Wildman–Crippen MR) is 180 cm³/mol. The Labute approximate surface area is 272 Å². The zero-order valence-electron chi connectivity index (χ0n) is 26.0. The van der Waals surface area contributed by atoms with Gasteiger partial charge in [0.05, 0.1) is 22.0 Å². The highest BCUT2D eigenvalue weighted by Gasteiger charge is 2.34. The van der Waals surface area contributed by atoms with Gasteiger partial charge in [-0.2, -0.15) is 0 Å². The highest BCUT2D eigenvalue weighted by atomic mass is 32.1. The zero-order chi connectivity index (χ0) is 32.2. The van der Waals surface area contributed by atoms with E-state index in [1.165, 1.54) is 11.8 Å². The molecule has 1 aromatic heterocycles. The molecule has 2 fully saturated rings. The van der Waals surface area contributed by atoms with Crippen molar-refractivity contribution in [1.29, 1.82) is 0 Å². The lowest BCUT2D eigenvalue weighted by molar-refractivity contribution is -0.138. The van der Waals surface area contributed by atoms with E-state index in [2.05, 4.69) is 22.3 Å². The first-order chi connectivity index (χ1) is 22.3. The van der Waals surface area contributed by atoms with Crippen molar-refractivity contribution in [3.8, 4) is 21.7 Å². The number of hydrogen-bond acceptors (Lipinski definition) is 7. The number of amides is 4. The zero-order valence-corrected chi connectivity index (χ0v) is 26.8. The van der Waals surface area contributed by atoms with Gasteiger partial charge in [-0.1, -0.05) is 54.6 Å². The summed E-state index contributed by atoms with van der Waals surface area (Å²) in [5, 5.41) is 3.96. The van der Waals surface area contributed by atoms with Gasteiger partial charge in [-0.05, 0) is 68.0 Å². The predicted octanol–water partition coefficient (Wildman–Crippen LogP) is 5.89. The van der Waals surface area contributed by atoms with E-state index < -0.39 is 6.04 Å². The lowest BCUT2D eigenvalue weighted by Crippen LogP contribution is -2.46. The molecule has 9 nitrogen and oxygen atoms in total. The number of rotatable bonds is 9. The molecule has 1 N–H and O–H groups in total. The van der Waals surface area contributed by atoms with Gasteiger partial charge in [-0.3, -0.25) is 24.1 Å². The van der Waals surface area contributed by atoms with Gasteiger partial charge < -0.3 is 15.1 Å². The average molecular weight is 636 g/mol. The molecule has 2 atom stereocenters. The second-order valence-corrected chi connectivity index (χ2v) is 13.0. The third-order valence-electron chi connectivity index (χ3n) is 8.71. The molecule has 236 valence electrons. The maximum absolute atomic E-state index is 13.3. The van der Waals surface area contributed by atoms with Gasteiger partial charge >= 0.3 is 0 Å². The molecule has 0 radical (unpaired) electrons. The van der Waals surface area contributed by atoms with Gasteiger partial charge in [-0.25, -0.2) is 4.98 Å². The first-order valence-corrected chi connectivity index (χ1v) is 16.5. The Bertz CT molecular complexity index is 1720. The molecule has 2 aliphatic rings. The monoisotopic (exact) mass is 635 g/mol. The van der Waals surface area contributed by atoms with Crippen LogP contribution >= 0.6 is 11.3 Å². The van der Waals surface area contributed by atoms with Crippen molar-refractivity contribution in [1.82, 2.24) is 14.8 Å². The first kappa shape index (κ1) is 31.2. The number of benzene rings is 3. The van der Waals surface area contributed by atoms with Crippen molar-refractivity contribution < 1.29 is 19.2 Å². The van der Waals surface area contributed by atoms with Crippen LogP contribution in [-0.2, 0) is 25.6 Å². The Balaban J connectivity index is 1.14. The van der Waals surface area contributed by atoms with E-state index in [1.54, 1.807) is 16.2 Å². The number of nitrogens with one attached hydrogen (secondary N) is 1. The van der Waals surface area contributed by atoms with Gasteiger partial charge in [0.2, 0.25) is 24.1 Å². The van der Waals surface area contributed by atoms with Crippen LogP contribution in [0.4, 0.5) is 11.4 Å². The molecular weight excluding hydrogens is 598 g/mol. The van der Waals surface area contributed by atoms with Gasteiger partial charge in [0.15, 0.2) is 0 Å². The summed E-state index contributed by atoms with van der Waals surface area (Å²) in [7, 11) is 0. The quantitative estimate of drug-likeness (QED) is 0.230. The van der Waals surface area contributed by atoms with Crippen molar-refractivity contribution in [3.05, 3.63) is 89.4 Å². The molecular formula is C36H37N5O4S. The van der Waals surface area contributed by atoms with E-state index in [9.17, 15) is 19.2 Å². The number of aryl methyl sites for hydroxylation is 1. The fourth-order valence-electron chi connectivity index (χ4n) is 6.46. The molecule has 0 saturated carbocycles. The number of nitrogens with zero attached hydrogens (tertiary/aromatic N) is 4. The van der Waals surface area contributed by atoms with Crippen LogP contribution in [0.3, 0.4) is 0 Å². The van der Waals surface area contributed by atoms with Crippen molar-refractivity contribution in [2.75, 3.05) is 23.3 Å². The van der Waals surface area contributed by atoms with Crippen LogP contribution in [0.1, 0.15) is 43.2 Å². The largest absolute Gasteiger partial charge is 0.351 e. The lowest BCUT2D eigenvalue weighted by atomic mass is 10.1. The molecule has 0 aliphatic carbocycles. The number of imide groups is 1. The fraction of sp³-hybridized carbons (Fsp3) is 0.306. The van der Waals surface area contributed by atoms with Crippen LogP contribution in [0.5, 0.6) is 0 Å². The molecule has 0 bridgehead atoms. The molecule has 3 heterocycles. The van der Waals surface area contributed by atoms with Crippen molar-refractivity contribution in [3.63, 3.8) is 0 Å². The fourth-order valence-corrected chi connectivity index (χ4v) is 7.41. The summed E-state index contributed by atoms with van der Waals surface area (Å²) in [4.78, 5) is 60.8. The molecule has 1 unspecified atom stereocenters. The summed E-state index contributed by atoms with van der Waals surface area (Å²) >= 11 is 1.62. The first-order valence-electron chi connectivity index (χ1n) is 15.7. The molecule has 10 heteroatoms. The molecule has 2 aliphatic heterocycles. The summed E-state index contributed by atoms with van der Waals surface area (Å²) < 4.78 is 0. The summed E-state index contributed by atoms with van der Waals surface area (Å²) in [5.74, 6) is -0.456. The topological polar surface area (TPSA) is 103 Å². The summed E-state index contributed by atoms with van der Waals surface area (Å²) in [6.45, 7) is 4.77. The summed E-state index contributed by atoms with van der Waals surface area (Å²) in [5.41, 5.74) is 5.40. The second-order valence-electron chi connectivity index (χ2n) is 11.8. The SMILES string of the molecule is CC(=O)N(C=O)C1CCCN1c1ccc(-c2sc(C)nc2-c2ccc(NC(=O)[C@@H]3CCCN3C(=O)Cc3ccccc3)cc2)cc1. The number of likely N-dealkylation sites (tertiary alicyclic amines) is 1. The molecule has 2 saturated heterocycles. The van der Waals surface area contributed by atoms with E-state index in [0.717, 1.165) is 63.8 Å². The van der Waals surface area contributed by atoms with Crippen LogP contribution in [0.15, 0.2) is 78.9 Å². The Hall–Kier alpha value is -4.83. The Morgan fingerprint density at radius 1 is 0.935 bits per heavy atom. The smallest absolute Gasteiger partial charge is 0.247 e. The molecule has 3 aromatic carbocycles. The highest BCUT2D eigenvalue weighted by Crippen LogP contribution is 2.38. The lowest BCUT2D eigenvalue weighted by Gasteiger charge is -2.32.